The predicted octanol–water partition coefficient (Wildman–Crippen LogP) is 5.21. The number of ether oxygens (including phenoxy) is 1. The molecule has 4 aliphatic heterocycles. The molecule has 3 saturated heterocycles. The fourth-order valence-corrected chi connectivity index (χ4v) is 9.54. The van der Waals surface area contributed by atoms with Crippen LogP contribution in [0.15, 0.2) is 78.0 Å². The van der Waals surface area contributed by atoms with Crippen molar-refractivity contribution in [1.82, 2.24) is 30.3 Å². The van der Waals surface area contributed by atoms with Crippen LogP contribution in [0.1, 0.15) is 101 Å². The standard InChI is InChI=1S/C46H54N6O7S/c53-41(15-9-33-6-4-21-47-29-33)48-22-2-1-5-32-17-23-51(24-18-32)45(57)36-12-10-34(11-13-36)35-19-25-50(26-20-35)43(55)31-59-27-28-60-40-8-3-7-37-38(40)30-52(46(37)58)39-14-16-42(54)49-44(39)56/h3-4,6-13,15,21,29,32,35,39H,1-2,5,14,16-20,22-28,30-31H2,(H,48,53)(H,49,54,56)/b15-9+. The number of thioether (sulfide) groups is 1. The minimum atomic E-state index is -0.652. The van der Waals surface area contributed by atoms with Crippen LogP contribution >= 0.6 is 11.8 Å². The van der Waals surface area contributed by atoms with Crippen molar-refractivity contribution in [1.29, 1.82) is 0 Å². The van der Waals surface area contributed by atoms with Crippen LogP contribution in [-0.4, -0.2) is 113 Å². The number of piperidine rings is 3. The second-order valence-corrected chi connectivity index (χ2v) is 17.1. The maximum Gasteiger partial charge on any atom is 0.255 e. The molecular formula is C46H54N6O7S. The normalized spacial score (nSPS) is 18.8. The molecule has 0 spiro atoms. The van der Waals surface area contributed by atoms with Crippen molar-refractivity contribution in [3.8, 4) is 0 Å². The van der Waals surface area contributed by atoms with Crippen molar-refractivity contribution in [2.45, 2.75) is 81.2 Å². The molecule has 5 heterocycles. The Labute approximate surface area is 355 Å². The van der Waals surface area contributed by atoms with Crippen molar-refractivity contribution in [2.75, 3.05) is 51.7 Å². The number of hydrogen-bond acceptors (Lipinski definition) is 9. The van der Waals surface area contributed by atoms with Crippen molar-refractivity contribution in [3.63, 3.8) is 0 Å². The number of hydrogen-bond donors (Lipinski definition) is 2. The lowest BCUT2D eigenvalue weighted by molar-refractivity contribution is -0.138. The van der Waals surface area contributed by atoms with Gasteiger partial charge < -0.3 is 24.8 Å². The first-order valence-electron chi connectivity index (χ1n) is 21.2. The van der Waals surface area contributed by atoms with Gasteiger partial charge in [-0.05, 0) is 103 Å². The molecule has 0 bridgehead atoms. The fraction of sp³-hybridized carbons (Fsp3) is 0.457. The average molecular weight is 835 g/mol. The van der Waals surface area contributed by atoms with Gasteiger partial charge in [0.05, 0.1) is 6.61 Å². The van der Waals surface area contributed by atoms with Crippen LogP contribution in [0, 0.1) is 5.92 Å². The van der Waals surface area contributed by atoms with Crippen LogP contribution in [0.2, 0.25) is 0 Å². The van der Waals surface area contributed by atoms with Crippen molar-refractivity contribution in [2.24, 2.45) is 5.92 Å². The molecule has 13 nitrogen and oxygen atoms in total. The summed E-state index contributed by atoms with van der Waals surface area (Å²) in [5.74, 6) is 0.558. The van der Waals surface area contributed by atoms with Gasteiger partial charge >= 0.3 is 0 Å². The minimum Gasteiger partial charge on any atom is -0.371 e. The summed E-state index contributed by atoms with van der Waals surface area (Å²) in [5, 5.41) is 5.29. The van der Waals surface area contributed by atoms with Crippen molar-refractivity contribution in [3.05, 3.63) is 101 Å². The maximum absolute atomic E-state index is 13.3. The third-order valence-corrected chi connectivity index (χ3v) is 13.1. The van der Waals surface area contributed by atoms with E-state index >= 15 is 0 Å². The molecule has 1 unspecified atom stereocenters. The molecule has 60 heavy (non-hydrogen) atoms. The summed E-state index contributed by atoms with van der Waals surface area (Å²) < 4.78 is 5.78. The Kier molecular flexibility index (Phi) is 14.8. The summed E-state index contributed by atoms with van der Waals surface area (Å²) >= 11 is 1.56. The first-order chi connectivity index (χ1) is 29.2. The van der Waals surface area contributed by atoms with Gasteiger partial charge in [0.2, 0.25) is 23.6 Å². The van der Waals surface area contributed by atoms with E-state index in [1.165, 1.54) is 5.56 Å². The third-order valence-electron chi connectivity index (χ3n) is 12.1. The lowest BCUT2D eigenvalue weighted by Crippen LogP contribution is -2.52. The number of pyridine rings is 1. The molecular weight excluding hydrogens is 781 g/mol. The van der Waals surface area contributed by atoms with Gasteiger partial charge in [-0.25, -0.2) is 0 Å². The smallest absolute Gasteiger partial charge is 0.255 e. The molecule has 316 valence electrons. The zero-order valence-corrected chi connectivity index (χ0v) is 34.8. The lowest BCUT2D eigenvalue weighted by atomic mass is 9.88. The second kappa shape index (κ2) is 20.8. The number of carbonyl (C=O) groups is 6. The third kappa shape index (κ3) is 11.1. The molecule has 3 fully saturated rings. The van der Waals surface area contributed by atoms with E-state index in [4.69, 9.17) is 4.74 Å². The Morgan fingerprint density at radius 1 is 0.900 bits per heavy atom. The zero-order valence-electron chi connectivity index (χ0n) is 34.0. The van der Waals surface area contributed by atoms with Gasteiger partial charge in [-0.3, -0.25) is 39.1 Å². The van der Waals surface area contributed by atoms with Crippen molar-refractivity contribution < 1.29 is 33.5 Å². The predicted molar refractivity (Wildman–Crippen MR) is 228 cm³/mol. The Morgan fingerprint density at radius 2 is 1.68 bits per heavy atom. The molecule has 2 N–H and O–H groups in total. The summed E-state index contributed by atoms with van der Waals surface area (Å²) in [4.78, 5) is 85.9. The minimum absolute atomic E-state index is 0.0139. The number of fused-ring (bicyclic) bond motifs is 1. The lowest BCUT2D eigenvalue weighted by Gasteiger charge is -2.33. The Hall–Kier alpha value is -5.34. The number of unbranched alkanes of at least 4 members (excludes halogenated alkanes) is 1. The van der Waals surface area contributed by atoms with E-state index in [9.17, 15) is 28.8 Å². The first kappa shape index (κ1) is 42.8. The van der Waals surface area contributed by atoms with Crippen LogP contribution in [0.3, 0.4) is 0 Å². The number of imide groups is 1. The topological polar surface area (TPSA) is 158 Å². The molecule has 3 aromatic rings. The molecule has 14 heteroatoms. The number of benzene rings is 2. The van der Waals surface area contributed by atoms with Crippen LogP contribution in [0.4, 0.5) is 0 Å². The fourth-order valence-electron chi connectivity index (χ4n) is 8.60. The van der Waals surface area contributed by atoms with E-state index in [0.29, 0.717) is 67.9 Å². The van der Waals surface area contributed by atoms with E-state index in [2.05, 4.69) is 27.8 Å². The van der Waals surface area contributed by atoms with E-state index in [-0.39, 0.29) is 42.6 Å². The van der Waals surface area contributed by atoms with Crippen LogP contribution in [-0.2, 0) is 30.5 Å². The highest BCUT2D eigenvalue weighted by molar-refractivity contribution is 7.99. The van der Waals surface area contributed by atoms with Gasteiger partial charge in [-0.2, -0.15) is 0 Å². The van der Waals surface area contributed by atoms with Gasteiger partial charge in [-0.1, -0.05) is 37.1 Å². The number of nitrogens with one attached hydrogen (secondary N) is 2. The first-order valence-corrected chi connectivity index (χ1v) is 22.2. The largest absolute Gasteiger partial charge is 0.371 e. The number of amides is 6. The quantitative estimate of drug-likeness (QED) is 0.0856. The van der Waals surface area contributed by atoms with E-state index in [1.807, 2.05) is 46.2 Å². The molecule has 6 amide bonds. The number of nitrogens with zero attached hydrogens (tertiary/aromatic N) is 4. The summed E-state index contributed by atoms with van der Waals surface area (Å²) in [7, 11) is 0. The van der Waals surface area contributed by atoms with Crippen LogP contribution in [0.5, 0.6) is 0 Å². The Bertz CT molecular complexity index is 2050. The number of aromatic nitrogens is 1. The molecule has 7 rings (SSSR count). The molecule has 2 aromatic carbocycles. The summed E-state index contributed by atoms with van der Waals surface area (Å²) in [6.45, 7) is 4.20. The highest BCUT2D eigenvalue weighted by Crippen LogP contribution is 2.35. The molecule has 4 aliphatic rings. The van der Waals surface area contributed by atoms with Gasteiger partial charge in [0.1, 0.15) is 12.6 Å². The monoisotopic (exact) mass is 834 g/mol. The molecule has 0 radical (unpaired) electrons. The number of rotatable bonds is 16. The van der Waals surface area contributed by atoms with E-state index < -0.39 is 11.9 Å². The molecule has 1 atom stereocenters. The van der Waals surface area contributed by atoms with Crippen LogP contribution in [0.25, 0.3) is 6.08 Å². The zero-order chi connectivity index (χ0) is 41.8. The highest BCUT2D eigenvalue weighted by Gasteiger charge is 2.40. The average Bonchev–Trinajstić information content (AvgIpc) is 3.61. The number of carbonyl (C=O) groups excluding carboxylic acids is 6. The Balaban J connectivity index is 0.751. The second-order valence-electron chi connectivity index (χ2n) is 16.0. The summed E-state index contributed by atoms with van der Waals surface area (Å²) in [6.07, 6.45) is 14.1. The van der Waals surface area contributed by atoms with E-state index in [0.717, 1.165) is 74.1 Å². The summed E-state index contributed by atoms with van der Waals surface area (Å²) in [6, 6.07) is 16.7. The van der Waals surface area contributed by atoms with Gasteiger partial charge in [0.15, 0.2) is 0 Å². The molecule has 1 aromatic heterocycles. The summed E-state index contributed by atoms with van der Waals surface area (Å²) in [5.41, 5.74) is 4.26. The van der Waals surface area contributed by atoms with Gasteiger partial charge in [-0.15, -0.1) is 11.8 Å². The van der Waals surface area contributed by atoms with Gasteiger partial charge in [0.25, 0.3) is 11.8 Å². The highest BCUT2D eigenvalue weighted by atomic mass is 32.2. The van der Waals surface area contributed by atoms with Crippen LogP contribution < -0.4 is 10.6 Å². The number of likely N-dealkylation sites (tertiary alicyclic amines) is 2. The Morgan fingerprint density at radius 3 is 2.43 bits per heavy atom. The van der Waals surface area contributed by atoms with Crippen molar-refractivity contribution >= 4 is 53.3 Å². The molecule has 0 aliphatic carbocycles. The molecule has 0 saturated carbocycles. The van der Waals surface area contributed by atoms with Gasteiger partial charge in [0, 0.05) is 85.9 Å². The van der Waals surface area contributed by atoms with E-state index in [1.54, 1.807) is 47.3 Å². The maximum atomic E-state index is 13.3. The SMILES string of the molecule is O=C(/C=C/c1cccnc1)NCCCCC1CCN(C(=O)c2ccc(C3CCN(C(=O)COCCSc4cccc5c4CN(C4CCC(=O)NC4=O)C5=O)CC3)cc2)CC1.